The lowest BCUT2D eigenvalue weighted by Crippen LogP contribution is -2.09. The van der Waals surface area contributed by atoms with Gasteiger partial charge in [-0.15, -0.1) is 5.10 Å². The Morgan fingerprint density at radius 1 is 1.33 bits per heavy atom. The minimum Gasteiger partial charge on any atom is -0.491 e. The minimum atomic E-state index is 0.605. The average molecular weight is 203 g/mol. The maximum absolute atomic E-state index is 5.62. The zero-order valence-corrected chi connectivity index (χ0v) is 8.63. The summed E-state index contributed by atoms with van der Waals surface area (Å²) in [6.45, 7) is 3.35. The first-order valence-corrected chi connectivity index (χ1v) is 4.89. The molecule has 4 heteroatoms. The summed E-state index contributed by atoms with van der Waals surface area (Å²) in [7, 11) is 0. The van der Waals surface area contributed by atoms with Gasteiger partial charge in [0.1, 0.15) is 12.4 Å². The third-order valence-corrected chi connectivity index (χ3v) is 2.14. The fourth-order valence-corrected chi connectivity index (χ4v) is 1.32. The Labute approximate surface area is 88.5 Å². The number of rotatable bonds is 4. The van der Waals surface area contributed by atoms with Gasteiger partial charge in [0.05, 0.1) is 12.7 Å². The van der Waals surface area contributed by atoms with Crippen LogP contribution in [0.1, 0.15) is 5.56 Å². The monoisotopic (exact) mass is 203 g/mol. The van der Waals surface area contributed by atoms with Crippen molar-refractivity contribution in [3.8, 4) is 5.75 Å². The highest BCUT2D eigenvalue weighted by Gasteiger charge is 1.97. The van der Waals surface area contributed by atoms with Gasteiger partial charge in [0.15, 0.2) is 0 Å². The van der Waals surface area contributed by atoms with E-state index in [1.165, 1.54) is 0 Å². The van der Waals surface area contributed by atoms with E-state index in [-0.39, 0.29) is 0 Å². The summed E-state index contributed by atoms with van der Waals surface area (Å²) in [5.41, 5.74) is 1.15. The van der Waals surface area contributed by atoms with Crippen molar-refractivity contribution in [2.45, 2.75) is 13.5 Å². The lowest BCUT2D eigenvalue weighted by atomic mass is 10.2. The molecule has 4 nitrogen and oxygen atoms in total. The Morgan fingerprint density at radius 3 is 2.93 bits per heavy atom. The Hall–Kier alpha value is -1.84. The van der Waals surface area contributed by atoms with E-state index in [2.05, 4.69) is 10.3 Å². The normalized spacial score (nSPS) is 10.2. The molecule has 0 atom stereocenters. The molecule has 0 spiro atoms. The van der Waals surface area contributed by atoms with E-state index in [1.807, 2.05) is 37.4 Å². The molecule has 78 valence electrons. The molecule has 0 N–H and O–H groups in total. The number of nitrogens with zero attached hydrogens (tertiary/aromatic N) is 3. The maximum atomic E-state index is 5.62. The van der Waals surface area contributed by atoms with Crippen LogP contribution in [0.25, 0.3) is 0 Å². The van der Waals surface area contributed by atoms with E-state index in [1.54, 1.807) is 10.9 Å². The van der Waals surface area contributed by atoms with Crippen molar-refractivity contribution in [1.82, 2.24) is 15.0 Å². The van der Waals surface area contributed by atoms with Gasteiger partial charge in [0.25, 0.3) is 0 Å². The topological polar surface area (TPSA) is 39.9 Å². The van der Waals surface area contributed by atoms with Gasteiger partial charge >= 0.3 is 0 Å². The van der Waals surface area contributed by atoms with Crippen LogP contribution in [-0.4, -0.2) is 21.6 Å². The van der Waals surface area contributed by atoms with Crippen molar-refractivity contribution < 1.29 is 4.74 Å². The first-order chi connectivity index (χ1) is 7.36. The van der Waals surface area contributed by atoms with Gasteiger partial charge in [0, 0.05) is 6.20 Å². The molecular formula is C11H13N3O. The van der Waals surface area contributed by atoms with Crippen LogP contribution in [0, 0.1) is 6.92 Å². The summed E-state index contributed by atoms with van der Waals surface area (Å²) in [6, 6.07) is 7.97. The van der Waals surface area contributed by atoms with Crippen molar-refractivity contribution in [1.29, 1.82) is 0 Å². The molecule has 0 bridgehead atoms. The van der Waals surface area contributed by atoms with E-state index in [0.29, 0.717) is 13.2 Å². The highest BCUT2D eigenvalue weighted by molar-refractivity contribution is 5.31. The van der Waals surface area contributed by atoms with E-state index in [4.69, 9.17) is 4.74 Å². The molecule has 0 aliphatic heterocycles. The molecule has 0 saturated carbocycles. The second kappa shape index (κ2) is 4.59. The molecule has 1 aromatic heterocycles. The Morgan fingerprint density at radius 2 is 2.20 bits per heavy atom. The molecule has 0 saturated heterocycles. The summed E-state index contributed by atoms with van der Waals surface area (Å²) in [4.78, 5) is 0. The highest BCUT2D eigenvalue weighted by Crippen LogP contribution is 2.15. The van der Waals surface area contributed by atoms with E-state index < -0.39 is 0 Å². The van der Waals surface area contributed by atoms with E-state index in [9.17, 15) is 0 Å². The zero-order valence-electron chi connectivity index (χ0n) is 8.63. The van der Waals surface area contributed by atoms with E-state index in [0.717, 1.165) is 11.3 Å². The summed E-state index contributed by atoms with van der Waals surface area (Å²) < 4.78 is 7.37. The summed E-state index contributed by atoms with van der Waals surface area (Å²) >= 11 is 0. The van der Waals surface area contributed by atoms with Gasteiger partial charge in [-0.2, -0.15) is 0 Å². The number of ether oxygens (including phenoxy) is 1. The molecule has 1 aromatic carbocycles. The van der Waals surface area contributed by atoms with Crippen LogP contribution in [-0.2, 0) is 6.54 Å². The lowest BCUT2D eigenvalue weighted by Gasteiger charge is -2.08. The van der Waals surface area contributed by atoms with Crippen molar-refractivity contribution in [3.05, 3.63) is 42.2 Å². The lowest BCUT2D eigenvalue weighted by molar-refractivity contribution is 0.288. The SMILES string of the molecule is Cc1ccccc1OCCn1ccnn1. The highest BCUT2D eigenvalue weighted by atomic mass is 16.5. The van der Waals surface area contributed by atoms with Crippen LogP contribution in [0.3, 0.4) is 0 Å². The van der Waals surface area contributed by atoms with Gasteiger partial charge in [-0.1, -0.05) is 23.4 Å². The number of aryl methyl sites for hydroxylation is 1. The van der Waals surface area contributed by atoms with Crippen molar-refractivity contribution in [2.75, 3.05) is 6.61 Å². The quantitative estimate of drug-likeness (QED) is 0.758. The van der Waals surface area contributed by atoms with Crippen LogP contribution >= 0.6 is 0 Å². The predicted molar refractivity (Wildman–Crippen MR) is 56.7 cm³/mol. The van der Waals surface area contributed by atoms with Gasteiger partial charge in [-0.25, -0.2) is 4.68 Å². The van der Waals surface area contributed by atoms with Gasteiger partial charge < -0.3 is 4.74 Å². The first-order valence-electron chi connectivity index (χ1n) is 4.89. The summed E-state index contributed by atoms with van der Waals surface area (Å²) in [5, 5.41) is 7.58. The smallest absolute Gasteiger partial charge is 0.122 e. The van der Waals surface area contributed by atoms with Gasteiger partial charge in [-0.3, -0.25) is 0 Å². The summed E-state index contributed by atoms with van der Waals surface area (Å²) in [5.74, 6) is 0.928. The molecule has 0 amide bonds. The van der Waals surface area contributed by atoms with Crippen LogP contribution < -0.4 is 4.74 Å². The minimum absolute atomic E-state index is 0.605. The molecule has 0 aliphatic rings. The molecule has 2 aromatic rings. The molecular weight excluding hydrogens is 190 g/mol. The Balaban J connectivity index is 1.86. The number of hydrogen-bond acceptors (Lipinski definition) is 3. The second-order valence-corrected chi connectivity index (χ2v) is 3.28. The van der Waals surface area contributed by atoms with Crippen molar-refractivity contribution >= 4 is 0 Å². The fraction of sp³-hybridized carbons (Fsp3) is 0.273. The zero-order chi connectivity index (χ0) is 10.5. The van der Waals surface area contributed by atoms with Crippen LogP contribution in [0.4, 0.5) is 0 Å². The first kappa shape index (κ1) is 9.71. The largest absolute Gasteiger partial charge is 0.491 e. The van der Waals surface area contributed by atoms with Crippen LogP contribution in [0.2, 0.25) is 0 Å². The summed E-state index contributed by atoms with van der Waals surface area (Å²) in [6.07, 6.45) is 3.48. The number of para-hydroxylation sites is 1. The maximum Gasteiger partial charge on any atom is 0.122 e. The molecule has 0 unspecified atom stereocenters. The standard InChI is InChI=1S/C11H13N3O/c1-10-4-2-3-5-11(10)15-9-8-14-7-6-12-13-14/h2-7H,8-9H2,1H3. The molecule has 15 heavy (non-hydrogen) atoms. The van der Waals surface area contributed by atoms with Gasteiger partial charge in [0.2, 0.25) is 0 Å². The molecule has 0 aliphatic carbocycles. The third kappa shape index (κ3) is 2.56. The third-order valence-electron chi connectivity index (χ3n) is 2.14. The number of benzene rings is 1. The fourth-order valence-electron chi connectivity index (χ4n) is 1.32. The molecule has 2 rings (SSSR count). The Kier molecular flexibility index (Phi) is 2.97. The Bertz CT molecular complexity index is 412. The van der Waals surface area contributed by atoms with Crippen LogP contribution in [0.5, 0.6) is 5.75 Å². The van der Waals surface area contributed by atoms with E-state index >= 15 is 0 Å². The van der Waals surface area contributed by atoms with Crippen molar-refractivity contribution in [3.63, 3.8) is 0 Å². The second-order valence-electron chi connectivity index (χ2n) is 3.28. The number of hydrogen-bond donors (Lipinski definition) is 0. The van der Waals surface area contributed by atoms with Crippen molar-refractivity contribution in [2.24, 2.45) is 0 Å². The molecule has 1 heterocycles. The number of aromatic nitrogens is 3. The average Bonchev–Trinajstić information content (AvgIpc) is 2.74. The predicted octanol–water partition coefficient (Wildman–Crippen LogP) is 1.67. The van der Waals surface area contributed by atoms with Crippen LogP contribution in [0.15, 0.2) is 36.7 Å². The molecule has 0 radical (unpaired) electrons. The van der Waals surface area contributed by atoms with Gasteiger partial charge in [-0.05, 0) is 18.6 Å². The molecule has 0 fully saturated rings.